The molecule has 1 saturated heterocycles. The zero-order chi connectivity index (χ0) is 30.5. The van der Waals surface area contributed by atoms with E-state index in [0.29, 0.717) is 46.1 Å². The highest BCUT2D eigenvalue weighted by Crippen LogP contribution is 2.39. The molecule has 224 valence electrons. The molecule has 12 heteroatoms. The number of amides is 1. The van der Waals surface area contributed by atoms with Crippen LogP contribution in [0.15, 0.2) is 47.2 Å². The molecule has 2 fully saturated rings. The van der Waals surface area contributed by atoms with E-state index in [1.54, 1.807) is 37.0 Å². The summed E-state index contributed by atoms with van der Waals surface area (Å²) in [5, 5.41) is 19.7. The molecule has 9 nitrogen and oxygen atoms in total. The summed E-state index contributed by atoms with van der Waals surface area (Å²) in [6.07, 6.45) is 4.25. The normalized spacial score (nSPS) is 21.1. The number of aromatic nitrogens is 3. The number of halogens is 3. The minimum absolute atomic E-state index is 0.0147. The topological polar surface area (TPSA) is 107 Å². The average molecular weight is 591 g/mol. The molecule has 2 aliphatic heterocycles. The van der Waals surface area contributed by atoms with Gasteiger partial charge in [-0.25, -0.2) is 23.1 Å². The molecule has 1 saturated carbocycles. The summed E-state index contributed by atoms with van der Waals surface area (Å²) >= 11 is 0. The van der Waals surface area contributed by atoms with Gasteiger partial charge in [0.05, 0.1) is 12.2 Å². The Kier molecular flexibility index (Phi) is 7.31. The zero-order valence-corrected chi connectivity index (χ0v) is 23.9. The molecule has 3 aromatic rings. The van der Waals surface area contributed by atoms with Gasteiger partial charge in [0.2, 0.25) is 5.91 Å². The predicted octanol–water partition coefficient (Wildman–Crippen LogP) is 5.24. The number of hydrogen-bond donors (Lipinski definition) is 1. The highest BCUT2D eigenvalue weighted by Gasteiger charge is 2.40. The molecule has 2 aromatic heterocycles. The summed E-state index contributed by atoms with van der Waals surface area (Å²) < 4.78 is 50.6. The first-order valence-corrected chi connectivity index (χ1v) is 14.2. The van der Waals surface area contributed by atoms with Crippen LogP contribution in [0.25, 0.3) is 22.4 Å². The van der Waals surface area contributed by atoms with Crippen molar-refractivity contribution in [3.05, 3.63) is 70.1 Å². The number of aryl methyl sites for hydroxylation is 1. The third kappa shape index (κ3) is 5.78. The third-order valence-electron chi connectivity index (χ3n) is 8.07. The number of rotatable bonds is 6. The fourth-order valence-electron chi connectivity index (χ4n) is 5.63. The van der Waals surface area contributed by atoms with E-state index in [2.05, 4.69) is 27.1 Å². The maximum absolute atomic E-state index is 14.6. The van der Waals surface area contributed by atoms with Crippen LogP contribution in [-0.4, -0.2) is 63.6 Å². The average Bonchev–Trinajstić information content (AvgIpc) is 3.63. The number of fused-ring (bicyclic) bond motifs is 5. The Morgan fingerprint density at radius 1 is 1.30 bits per heavy atom. The van der Waals surface area contributed by atoms with Crippen molar-refractivity contribution in [2.45, 2.75) is 44.6 Å². The van der Waals surface area contributed by atoms with Gasteiger partial charge in [-0.15, -0.1) is 0 Å². The fourth-order valence-corrected chi connectivity index (χ4v) is 5.63. The van der Waals surface area contributed by atoms with E-state index in [4.69, 9.17) is 4.74 Å². The van der Waals surface area contributed by atoms with E-state index in [-0.39, 0.29) is 30.1 Å². The number of likely N-dealkylation sites (tertiary alicyclic amines) is 1. The second-order valence-corrected chi connectivity index (χ2v) is 11.4. The van der Waals surface area contributed by atoms with Gasteiger partial charge in [0.15, 0.2) is 11.6 Å². The number of alkyl halides is 2. The van der Waals surface area contributed by atoms with Gasteiger partial charge < -0.3 is 20.4 Å². The Bertz CT molecular complexity index is 1660. The number of benzene rings is 1. The van der Waals surface area contributed by atoms with Crippen molar-refractivity contribution in [1.29, 1.82) is 0 Å². The van der Waals surface area contributed by atoms with Gasteiger partial charge in [0.25, 0.3) is 5.92 Å². The molecular weight excluding hydrogens is 559 g/mol. The molecule has 0 radical (unpaired) electrons. The largest absolute Gasteiger partial charge is 0.799 e. The fraction of sp³-hybridized carbons (Fsp3) is 0.387. The quantitative estimate of drug-likeness (QED) is 0.396. The Morgan fingerprint density at radius 2 is 2.09 bits per heavy atom. The van der Waals surface area contributed by atoms with E-state index in [9.17, 15) is 23.4 Å². The second kappa shape index (κ2) is 11.0. The highest BCUT2D eigenvalue weighted by molar-refractivity contribution is 6.48. The van der Waals surface area contributed by atoms with E-state index in [1.165, 1.54) is 18.3 Å². The molecule has 2 bridgehead atoms. The van der Waals surface area contributed by atoms with Gasteiger partial charge in [-0.1, -0.05) is 5.71 Å². The smallest absolute Gasteiger partial charge is 0.267 e. The van der Waals surface area contributed by atoms with Crippen molar-refractivity contribution in [3.63, 3.8) is 0 Å². The standard InChI is InChI=1S/C31H31F3N7O2/c1-17-23-12-21(32)6-7-22(23)28-20(15-40(3)39-28)10-24(26(35)30(42)41-9-8-31(33,34)16-41)27(37-13-18-4-5-18)19-11-25(43-17)29(36-2)38-14-19/h6-7,11-12,14-15,17-18,37H,2,4-5,8-10,13,16H2,1,3H3/q-1/b27-24-/t17-/m1/s1. The van der Waals surface area contributed by atoms with Crippen LogP contribution in [0.5, 0.6) is 5.75 Å². The van der Waals surface area contributed by atoms with Crippen LogP contribution in [0.3, 0.4) is 0 Å². The summed E-state index contributed by atoms with van der Waals surface area (Å²) in [7, 11) is 1.74. The molecule has 3 aliphatic rings. The summed E-state index contributed by atoms with van der Waals surface area (Å²) in [5.41, 5.74) is 2.70. The van der Waals surface area contributed by atoms with Crippen molar-refractivity contribution in [2.75, 3.05) is 19.6 Å². The predicted molar refractivity (Wildman–Crippen MR) is 157 cm³/mol. The van der Waals surface area contributed by atoms with Gasteiger partial charge in [-0.3, -0.25) is 9.48 Å². The van der Waals surface area contributed by atoms with Gasteiger partial charge in [0.1, 0.15) is 11.9 Å². The van der Waals surface area contributed by atoms with E-state index in [0.717, 1.165) is 17.7 Å². The first kappa shape index (κ1) is 28.6. The Morgan fingerprint density at radius 3 is 2.79 bits per heavy atom. The number of aliphatic imine (C=N–C) groups is 1. The van der Waals surface area contributed by atoms with Crippen LogP contribution >= 0.6 is 0 Å². The maximum Gasteiger partial charge on any atom is 0.267 e. The van der Waals surface area contributed by atoms with E-state index >= 15 is 0 Å². The number of pyridine rings is 1. The molecule has 43 heavy (non-hydrogen) atoms. The van der Waals surface area contributed by atoms with Crippen molar-refractivity contribution in [3.8, 4) is 17.0 Å². The lowest BCUT2D eigenvalue weighted by Gasteiger charge is -2.27. The Labute approximate surface area is 247 Å². The first-order chi connectivity index (χ1) is 20.5. The lowest BCUT2D eigenvalue weighted by molar-refractivity contribution is -0.124. The van der Waals surface area contributed by atoms with Crippen molar-refractivity contribution < 1.29 is 22.7 Å². The molecule has 0 spiro atoms. The second-order valence-electron chi connectivity index (χ2n) is 11.4. The maximum atomic E-state index is 14.6. The molecule has 6 rings (SSSR count). The van der Waals surface area contributed by atoms with Crippen molar-refractivity contribution in [1.82, 2.24) is 25.0 Å². The minimum atomic E-state index is -3.03. The van der Waals surface area contributed by atoms with Crippen LogP contribution in [0.2, 0.25) is 0 Å². The number of ether oxygens (including phenoxy) is 1. The van der Waals surface area contributed by atoms with Gasteiger partial charge in [-0.05, 0) is 62.2 Å². The Hall–Kier alpha value is -4.48. The van der Waals surface area contributed by atoms with Gasteiger partial charge in [-0.2, -0.15) is 5.10 Å². The van der Waals surface area contributed by atoms with Crippen molar-refractivity contribution in [2.24, 2.45) is 18.0 Å². The number of carbonyl (C=O) groups is 1. The third-order valence-corrected chi connectivity index (χ3v) is 8.07. The van der Waals surface area contributed by atoms with Crippen LogP contribution in [0.4, 0.5) is 19.0 Å². The summed E-state index contributed by atoms with van der Waals surface area (Å²) in [5.74, 6) is -3.50. The van der Waals surface area contributed by atoms with Crippen molar-refractivity contribution >= 4 is 29.9 Å². The molecule has 1 aromatic carbocycles. The summed E-state index contributed by atoms with van der Waals surface area (Å²) in [6.45, 7) is 4.99. The molecule has 1 atom stereocenters. The lowest BCUT2D eigenvalue weighted by atomic mass is 9.91. The molecule has 4 heterocycles. The van der Waals surface area contributed by atoms with Crippen LogP contribution in [0.1, 0.15) is 49.0 Å². The summed E-state index contributed by atoms with van der Waals surface area (Å²) in [6, 6.07) is 5.99. The van der Waals surface area contributed by atoms with Gasteiger partial charge >= 0.3 is 0 Å². The summed E-state index contributed by atoms with van der Waals surface area (Å²) in [4.78, 5) is 22.9. The van der Waals surface area contributed by atoms with E-state index < -0.39 is 42.4 Å². The van der Waals surface area contributed by atoms with E-state index in [1.807, 2.05) is 0 Å². The molecule has 0 unspecified atom stereocenters. The monoisotopic (exact) mass is 590 g/mol. The Balaban J connectivity index is 1.57. The molecule has 1 amide bonds. The highest BCUT2D eigenvalue weighted by atomic mass is 19.3. The molecule has 1 aliphatic carbocycles. The number of hydrogen-bond acceptors (Lipinski definition) is 6. The lowest BCUT2D eigenvalue weighted by Crippen LogP contribution is -2.38. The minimum Gasteiger partial charge on any atom is -0.799 e. The number of nitrogens with zero attached hydrogens (tertiary/aromatic N) is 6. The molecular formula is C31H31F3N7O2-. The van der Waals surface area contributed by atoms with Crippen LogP contribution < -0.4 is 10.1 Å². The number of nitrogens with one attached hydrogen (secondary N) is 1. The molecule has 1 N–H and O–H groups in total. The van der Waals surface area contributed by atoms with Gasteiger partial charge in [0, 0.05) is 73.3 Å². The number of carbonyl (C=O) groups excluding carboxylic acids is 1. The SMILES string of the molecule is C=Nc1ncc2cc1O[C@H](C)c1cc(F)ccc1-c1nn(C)cc1C/C(C(=[N-])C(=O)N1CCC(F)(F)C1)=C\2NCC1CC1. The zero-order valence-electron chi connectivity index (χ0n) is 23.9. The van der Waals surface area contributed by atoms with Crippen LogP contribution in [0, 0.1) is 11.7 Å². The van der Waals surface area contributed by atoms with Crippen LogP contribution in [-0.2, 0) is 18.3 Å². The first-order valence-electron chi connectivity index (χ1n) is 14.2.